The maximum absolute atomic E-state index is 13.4. The lowest BCUT2D eigenvalue weighted by atomic mass is 10.1. The van der Waals surface area contributed by atoms with Crippen LogP contribution in [-0.2, 0) is 24.9 Å². The zero-order valence-corrected chi connectivity index (χ0v) is 15.1. The van der Waals surface area contributed by atoms with Gasteiger partial charge in [0.05, 0.1) is 19.7 Å². The van der Waals surface area contributed by atoms with Crippen LogP contribution in [0.3, 0.4) is 0 Å². The molecule has 0 aliphatic rings. The first-order valence-electron chi connectivity index (χ1n) is 8.12. The first-order chi connectivity index (χ1) is 12.0. The molecule has 0 amide bonds. The van der Waals surface area contributed by atoms with Crippen LogP contribution in [0.15, 0.2) is 23.2 Å². The molecule has 0 aliphatic carbocycles. The fourth-order valence-corrected chi connectivity index (χ4v) is 2.19. The number of nitrogens with one attached hydrogen (secondary N) is 2. The Bertz CT molecular complexity index is 728. The summed E-state index contributed by atoms with van der Waals surface area (Å²) < 4.78 is 20.3. The van der Waals surface area contributed by atoms with Gasteiger partial charge in [-0.25, -0.2) is 9.38 Å². The second-order valence-electron chi connectivity index (χ2n) is 5.74. The number of hydrogen-bond acceptors (Lipinski definition) is 4. The van der Waals surface area contributed by atoms with Crippen molar-refractivity contribution in [3.8, 4) is 0 Å². The molecule has 0 atom stereocenters. The van der Waals surface area contributed by atoms with E-state index in [4.69, 9.17) is 4.74 Å². The number of hydrogen-bond donors (Lipinski definition) is 2. The van der Waals surface area contributed by atoms with Gasteiger partial charge < -0.3 is 19.9 Å². The van der Waals surface area contributed by atoms with Crippen molar-refractivity contribution >= 4 is 5.96 Å². The third-order valence-corrected chi connectivity index (χ3v) is 3.84. The number of benzene rings is 1. The van der Waals surface area contributed by atoms with Crippen molar-refractivity contribution in [3.05, 3.63) is 46.8 Å². The van der Waals surface area contributed by atoms with Crippen LogP contribution in [0.25, 0.3) is 0 Å². The van der Waals surface area contributed by atoms with Crippen LogP contribution in [0.4, 0.5) is 4.39 Å². The molecule has 0 saturated heterocycles. The molecular formula is C17H25FN6O. The molecule has 0 radical (unpaired) electrons. The summed E-state index contributed by atoms with van der Waals surface area (Å²) in [6, 6.07) is 5.01. The lowest BCUT2D eigenvalue weighted by molar-refractivity contribution is 0.203. The maximum atomic E-state index is 13.4. The van der Waals surface area contributed by atoms with E-state index < -0.39 is 0 Å². The molecule has 0 unspecified atom stereocenters. The highest BCUT2D eigenvalue weighted by Gasteiger charge is 2.06. The molecule has 1 heterocycles. The molecule has 0 saturated carbocycles. The molecule has 2 N–H and O–H groups in total. The van der Waals surface area contributed by atoms with Crippen LogP contribution >= 0.6 is 0 Å². The largest absolute Gasteiger partial charge is 0.383 e. The molecule has 0 spiro atoms. The number of aliphatic imine (C=N–C) groups is 1. The summed E-state index contributed by atoms with van der Waals surface area (Å²) in [4.78, 5) is 4.55. The predicted molar refractivity (Wildman–Crippen MR) is 94.7 cm³/mol. The molecule has 8 heteroatoms. The number of guanidine groups is 1. The summed E-state index contributed by atoms with van der Waals surface area (Å²) in [5.41, 5.74) is 1.56. The molecule has 25 heavy (non-hydrogen) atoms. The highest BCUT2D eigenvalue weighted by Crippen LogP contribution is 2.10. The van der Waals surface area contributed by atoms with E-state index in [1.807, 2.05) is 18.5 Å². The average molecular weight is 348 g/mol. The third-order valence-electron chi connectivity index (χ3n) is 3.84. The van der Waals surface area contributed by atoms with Crippen molar-refractivity contribution in [3.63, 3.8) is 0 Å². The van der Waals surface area contributed by atoms with Crippen LogP contribution in [0.2, 0.25) is 0 Å². The summed E-state index contributed by atoms with van der Waals surface area (Å²) in [6.07, 6.45) is 0. The Kier molecular flexibility index (Phi) is 6.88. The van der Waals surface area contributed by atoms with Gasteiger partial charge in [-0.3, -0.25) is 0 Å². The summed E-state index contributed by atoms with van der Waals surface area (Å²) in [7, 11) is 3.57. The van der Waals surface area contributed by atoms with E-state index in [1.165, 1.54) is 6.07 Å². The van der Waals surface area contributed by atoms with E-state index in [2.05, 4.69) is 25.8 Å². The van der Waals surface area contributed by atoms with Crippen molar-refractivity contribution < 1.29 is 9.13 Å². The van der Waals surface area contributed by atoms with Crippen LogP contribution < -0.4 is 10.6 Å². The Labute approximate surface area is 147 Å². The fraction of sp³-hybridized carbons (Fsp3) is 0.471. The predicted octanol–water partition coefficient (Wildman–Crippen LogP) is 1.45. The van der Waals surface area contributed by atoms with E-state index in [0.29, 0.717) is 37.8 Å². The molecule has 1 aromatic carbocycles. The topological polar surface area (TPSA) is 76.4 Å². The lowest BCUT2D eigenvalue weighted by Gasteiger charge is -2.12. The zero-order chi connectivity index (χ0) is 18.2. The van der Waals surface area contributed by atoms with Crippen LogP contribution in [0, 0.1) is 19.7 Å². The number of ether oxygens (including phenoxy) is 1. The molecule has 0 bridgehead atoms. The monoisotopic (exact) mass is 348 g/mol. The minimum Gasteiger partial charge on any atom is -0.383 e. The number of halogens is 1. The first kappa shape index (κ1) is 18.9. The van der Waals surface area contributed by atoms with Gasteiger partial charge in [0.1, 0.15) is 11.6 Å². The van der Waals surface area contributed by atoms with Gasteiger partial charge in [-0.15, -0.1) is 10.2 Å². The third kappa shape index (κ3) is 5.53. The van der Waals surface area contributed by atoms with E-state index in [1.54, 1.807) is 26.2 Å². The Hall–Kier alpha value is -2.48. The van der Waals surface area contributed by atoms with Crippen molar-refractivity contribution in [2.75, 3.05) is 20.3 Å². The van der Waals surface area contributed by atoms with Crippen LogP contribution in [0.1, 0.15) is 22.8 Å². The molecule has 2 aromatic rings. The van der Waals surface area contributed by atoms with Crippen molar-refractivity contribution in [2.24, 2.45) is 12.0 Å². The lowest BCUT2D eigenvalue weighted by Crippen LogP contribution is -2.39. The molecule has 0 aliphatic heterocycles. The van der Waals surface area contributed by atoms with E-state index in [0.717, 1.165) is 17.2 Å². The minimum absolute atomic E-state index is 0.207. The second kappa shape index (κ2) is 9.12. The number of nitrogens with zero attached hydrogens (tertiary/aromatic N) is 4. The van der Waals surface area contributed by atoms with Gasteiger partial charge in [0.2, 0.25) is 0 Å². The van der Waals surface area contributed by atoms with Crippen LogP contribution in [-0.4, -0.2) is 41.0 Å². The van der Waals surface area contributed by atoms with Crippen molar-refractivity contribution in [2.45, 2.75) is 26.9 Å². The molecule has 0 fully saturated rings. The van der Waals surface area contributed by atoms with Gasteiger partial charge in [0, 0.05) is 20.7 Å². The molecule has 7 nitrogen and oxygen atoms in total. The first-order valence-corrected chi connectivity index (χ1v) is 8.12. The van der Waals surface area contributed by atoms with Crippen LogP contribution in [0.5, 0.6) is 0 Å². The van der Waals surface area contributed by atoms with Gasteiger partial charge in [-0.05, 0) is 31.0 Å². The van der Waals surface area contributed by atoms with Gasteiger partial charge in [0.15, 0.2) is 11.8 Å². The fourth-order valence-electron chi connectivity index (χ4n) is 2.19. The number of aromatic nitrogens is 3. The maximum Gasteiger partial charge on any atom is 0.192 e. The van der Waals surface area contributed by atoms with Gasteiger partial charge in [-0.1, -0.05) is 12.1 Å². The summed E-state index contributed by atoms with van der Waals surface area (Å²) in [5.74, 6) is 2.10. The molecule has 2 rings (SSSR count). The normalized spacial score (nSPS) is 11.6. The Morgan fingerprint density at radius 2 is 2.08 bits per heavy atom. The minimum atomic E-state index is -0.207. The van der Waals surface area contributed by atoms with E-state index in [-0.39, 0.29) is 5.82 Å². The van der Waals surface area contributed by atoms with Crippen molar-refractivity contribution in [1.29, 1.82) is 0 Å². The smallest absolute Gasteiger partial charge is 0.192 e. The molecule has 136 valence electrons. The van der Waals surface area contributed by atoms with Gasteiger partial charge in [-0.2, -0.15) is 0 Å². The summed E-state index contributed by atoms with van der Waals surface area (Å²) in [6.45, 7) is 5.79. The second-order valence-corrected chi connectivity index (χ2v) is 5.74. The molecule has 1 aromatic heterocycles. The quantitative estimate of drug-likeness (QED) is 0.450. The average Bonchev–Trinajstić information content (AvgIpc) is 2.92. The molecular weight excluding hydrogens is 323 g/mol. The van der Waals surface area contributed by atoms with Gasteiger partial charge >= 0.3 is 0 Å². The number of aryl methyl sites for hydroxylation is 2. The number of methoxy groups -OCH3 is 1. The highest BCUT2D eigenvalue weighted by atomic mass is 19.1. The summed E-state index contributed by atoms with van der Waals surface area (Å²) >= 11 is 0. The van der Waals surface area contributed by atoms with Crippen molar-refractivity contribution in [1.82, 2.24) is 25.4 Å². The van der Waals surface area contributed by atoms with Gasteiger partial charge in [0.25, 0.3) is 0 Å². The Morgan fingerprint density at radius 3 is 2.72 bits per heavy atom. The SMILES string of the molecule is COCCNC(=NCc1ccc(F)c(C)c1)NCc1nnc(C)n1C. The van der Waals surface area contributed by atoms with E-state index >= 15 is 0 Å². The Balaban J connectivity index is 2.02. The zero-order valence-electron chi connectivity index (χ0n) is 15.1. The number of rotatable bonds is 7. The standard InChI is InChI=1S/C17H25FN6O/c1-12-9-14(5-6-15(12)18)10-20-17(19-7-8-25-4)21-11-16-23-22-13(2)24(16)3/h5-6,9H,7-8,10-11H2,1-4H3,(H2,19,20,21). The van der Waals surface area contributed by atoms with E-state index in [9.17, 15) is 4.39 Å². The highest BCUT2D eigenvalue weighted by molar-refractivity contribution is 5.79. The Morgan fingerprint density at radius 1 is 1.28 bits per heavy atom. The summed E-state index contributed by atoms with van der Waals surface area (Å²) in [5, 5.41) is 14.6.